The Morgan fingerprint density at radius 1 is 1.26 bits per heavy atom. The summed E-state index contributed by atoms with van der Waals surface area (Å²) < 4.78 is 6.35. The molecule has 2 aromatic carbocycles. The van der Waals surface area contributed by atoms with Gasteiger partial charge in [0, 0.05) is 16.6 Å². The lowest BCUT2D eigenvalue weighted by Crippen LogP contribution is -2.03. The fourth-order valence-electron chi connectivity index (χ4n) is 1.94. The van der Waals surface area contributed by atoms with Crippen LogP contribution in [0.15, 0.2) is 40.9 Å². The first-order valence-electron chi connectivity index (χ1n) is 5.96. The SMILES string of the molecule is COc1cc(Br)cc(C)c1NCc1ccccc1O. The molecular weight excluding hydrogens is 306 g/mol. The Balaban J connectivity index is 2.22. The predicted molar refractivity (Wildman–Crippen MR) is 80.9 cm³/mol. The van der Waals surface area contributed by atoms with E-state index < -0.39 is 0 Å². The van der Waals surface area contributed by atoms with Crippen LogP contribution in [0.25, 0.3) is 0 Å². The van der Waals surface area contributed by atoms with Crippen molar-refractivity contribution in [2.75, 3.05) is 12.4 Å². The largest absolute Gasteiger partial charge is 0.508 e. The van der Waals surface area contributed by atoms with Crippen molar-refractivity contribution < 1.29 is 9.84 Å². The summed E-state index contributed by atoms with van der Waals surface area (Å²) in [5.74, 6) is 1.08. The van der Waals surface area contributed by atoms with Gasteiger partial charge in [0.05, 0.1) is 12.8 Å². The number of hydrogen-bond donors (Lipinski definition) is 2. The molecule has 0 saturated carbocycles. The average molecular weight is 322 g/mol. The number of benzene rings is 2. The molecule has 0 radical (unpaired) electrons. The molecule has 0 aromatic heterocycles. The van der Waals surface area contributed by atoms with Gasteiger partial charge in [0.15, 0.2) is 0 Å². The zero-order valence-electron chi connectivity index (χ0n) is 10.9. The van der Waals surface area contributed by atoms with E-state index in [0.29, 0.717) is 12.3 Å². The maximum atomic E-state index is 9.75. The lowest BCUT2D eigenvalue weighted by molar-refractivity contribution is 0.415. The minimum Gasteiger partial charge on any atom is -0.508 e. The van der Waals surface area contributed by atoms with Crippen LogP contribution in [-0.2, 0) is 6.54 Å². The molecule has 0 amide bonds. The van der Waals surface area contributed by atoms with Gasteiger partial charge in [-0.15, -0.1) is 0 Å². The molecule has 3 nitrogen and oxygen atoms in total. The minimum atomic E-state index is 0.295. The van der Waals surface area contributed by atoms with Crippen molar-refractivity contribution in [1.29, 1.82) is 0 Å². The van der Waals surface area contributed by atoms with E-state index in [4.69, 9.17) is 4.74 Å². The first kappa shape index (κ1) is 13.7. The molecule has 0 atom stereocenters. The second kappa shape index (κ2) is 5.97. The third-order valence-corrected chi connectivity index (χ3v) is 3.39. The fourth-order valence-corrected chi connectivity index (χ4v) is 2.50. The van der Waals surface area contributed by atoms with E-state index in [0.717, 1.165) is 27.0 Å². The summed E-state index contributed by atoms with van der Waals surface area (Å²) in [7, 11) is 1.65. The standard InChI is InChI=1S/C15H16BrNO2/c1-10-7-12(16)8-14(19-2)15(10)17-9-11-5-3-4-6-13(11)18/h3-8,17-18H,9H2,1-2H3. The number of hydrogen-bond acceptors (Lipinski definition) is 3. The van der Waals surface area contributed by atoms with Crippen LogP contribution < -0.4 is 10.1 Å². The smallest absolute Gasteiger partial charge is 0.143 e. The quantitative estimate of drug-likeness (QED) is 0.891. The number of nitrogens with one attached hydrogen (secondary N) is 1. The Labute approximate surface area is 121 Å². The molecule has 0 aliphatic rings. The van der Waals surface area contributed by atoms with E-state index in [-0.39, 0.29) is 0 Å². The number of anilines is 1. The van der Waals surface area contributed by atoms with Gasteiger partial charge in [-0.1, -0.05) is 34.1 Å². The number of ether oxygens (including phenoxy) is 1. The van der Waals surface area contributed by atoms with Crippen LogP contribution in [0.1, 0.15) is 11.1 Å². The van der Waals surface area contributed by atoms with Crippen molar-refractivity contribution in [3.05, 3.63) is 52.0 Å². The molecule has 4 heteroatoms. The Morgan fingerprint density at radius 3 is 2.68 bits per heavy atom. The van der Waals surface area contributed by atoms with Crippen LogP contribution in [0.3, 0.4) is 0 Å². The fraction of sp³-hybridized carbons (Fsp3) is 0.200. The number of rotatable bonds is 4. The zero-order chi connectivity index (χ0) is 13.8. The normalized spacial score (nSPS) is 10.3. The maximum Gasteiger partial charge on any atom is 0.143 e. The molecule has 0 heterocycles. The number of phenolic OH excluding ortho intramolecular Hbond substituents is 1. The summed E-state index contributed by atoms with van der Waals surface area (Å²) in [6.07, 6.45) is 0. The number of phenols is 1. The van der Waals surface area contributed by atoms with Crippen molar-refractivity contribution >= 4 is 21.6 Å². The molecule has 0 aliphatic heterocycles. The van der Waals surface area contributed by atoms with Crippen LogP contribution in [0.2, 0.25) is 0 Å². The van der Waals surface area contributed by atoms with E-state index >= 15 is 0 Å². The summed E-state index contributed by atoms with van der Waals surface area (Å²) in [6, 6.07) is 11.2. The highest BCUT2D eigenvalue weighted by Crippen LogP contribution is 2.32. The van der Waals surface area contributed by atoms with Crippen molar-refractivity contribution in [1.82, 2.24) is 0 Å². The highest BCUT2D eigenvalue weighted by atomic mass is 79.9. The molecule has 0 bridgehead atoms. The lowest BCUT2D eigenvalue weighted by Gasteiger charge is -2.15. The lowest BCUT2D eigenvalue weighted by atomic mass is 10.1. The first-order valence-corrected chi connectivity index (χ1v) is 6.76. The van der Waals surface area contributed by atoms with Gasteiger partial charge < -0.3 is 15.2 Å². The van der Waals surface area contributed by atoms with Crippen molar-refractivity contribution in [3.63, 3.8) is 0 Å². The summed E-state index contributed by atoms with van der Waals surface area (Å²) >= 11 is 3.45. The van der Waals surface area contributed by atoms with Crippen LogP contribution in [0, 0.1) is 6.92 Å². The van der Waals surface area contributed by atoms with Crippen LogP contribution in [0.5, 0.6) is 11.5 Å². The topological polar surface area (TPSA) is 41.5 Å². The van der Waals surface area contributed by atoms with Crippen LogP contribution in [0.4, 0.5) is 5.69 Å². The van der Waals surface area contributed by atoms with Gasteiger partial charge in [-0.3, -0.25) is 0 Å². The van der Waals surface area contributed by atoms with Gasteiger partial charge in [-0.05, 0) is 30.7 Å². The van der Waals surface area contributed by atoms with Gasteiger partial charge in [0.2, 0.25) is 0 Å². The van der Waals surface area contributed by atoms with E-state index in [2.05, 4.69) is 21.2 Å². The van der Waals surface area contributed by atoms with E-state index in [9.17, 15) is 5.11 Å². The Kier molecular flexibility index (Phi) is 4.32. The third-order valence-electron chi connectivity index (χ3n) is 2.93. The molecule has 19 heavy (non-hydrogen) atoms. The van der Waals surface area contributed by atoms with Gasteiger partial charge in [0.25, 0.3) is 0 Å². The van der Waals surface area contributed by atoms with E-state index in [1.807, 2.05) is 37.3 Å². The Hall–Kier alpha value is -1.68. The second-order valence-corrected chi connectivity index (χ2v) is 5.20. The zero-order valence-corrected chi connectivity index (χ0v) is 12.5. The van der Waals surface area contributed by atoms with E-state index in [1.165, 1.54) is 0 Å². The van der Waals surface area contributed by atoms with Crippen molar-refractivity contribution in [2.45, 2.75) is 13.5 Å². The number of halogens is 1. The average Bonchev–Trinajstić information content (AvgIpc) is 2.38. The molecule has 0 unspecified atom stereocenters. The first-order chi connectivity index (χ1) is 9.11. The van der Waals surface area contributed by atoms with Crippen molar-refractivity contribution in [3.8, 4) is 11.5 Å². The molecule has 0 spiro atoms. The minimum absolute atomic E-state index is 0.295. The van der Waals surface area contributed by atoms with Gasteiger partial charge in [-0.25, -0.2) is 0 Å². The second-order valence-electron chi connectivity index (χ2n) is 4.28. The summed E-state index contributed by atoms with van der Waals surface area (Å²) in [6.45, 7) is 2.56. The summed E-state index contributed by atoms with van der Waals surface area (Å²) in [4.78, 5) is 0. The highest BCUT2D eigenvalue weighted by Gasteiger charge is 2.08. The Morgan fingerprint density at radius 2 is 2.00 bits per heavy atom. The number of aromatic hydroxyl groups is 1. The Bertz CT molecular complexity index is 584. The van der Waals surface area contributed by atoms with Gasteiger partial charge in [-0.2, -0.15) is 0 Å². The third kappa shape index (κ3) is 3.20. The number of methoxy groups -OCH3 is 1. The van der Waals surface area contributed by atoms with Crippen molar-refractivity contribution in [2.24, 2.45) is 0 Å². The van der Waals surface area contributed by atoms with Crippen LogP contribution in [-0.4, -0.2) is 12.2 Å². The molecule has 2 rings (SSSR count). The van der Waals surface area contributed by atoms with Crippen LogP contribution >= 0.6 is 15.9 Å². The maximum absolute atomic E-state index is 9.75. The molecular formula is C15H16BrNO2. The van der Waals surface area contributed by atoms with Gasteiger partial charge in [0.1, 0.15) is 11.5 Å². The highest BCUT2D eigenvalue weighted by molar-refractivity contribution is 9.10. The number of para-hydroxylation sites is 1. The van der Waals surface area contributed by atoms with E-state index in [1.54, 1.807) is 13.2 Å². The molecule has 0 saturated heterocycles. The molecule has 0 aliphatic carbocycles. The molecule has 100 valence electrons. The predicted octanol–water partition coefficient (Wildman–Crippen LogP) is 4.08. The molecule has 0 fully saturated rings. The van der Waals surface area contributed by atoms with Gasteiger partial charge >= 0.3 is 0 Å². The number of aryl methyl sites for hydroxylation is 1. The summed E-state index contributed by atoms with van der Waals surface area (Å²) in [5.41, 5.74) is 2.88. The summed E-state index contributed by atoms with van der Waals surface area (Å²) in [5, 5.41) is 13.1. The molecule has 2 aromatic rings. The molecule has 2 N–H and O–H groups in total. The monoisotopic (exact) mass is 321 g/mol.